The van der Waals surface area contributed by atoms with Gasteiger partial charge in [0.25, 0.3) is 0 Å². The lowest BCUT2D eigenvalue weighted by Gasteiger charge is -2.25. The molecule has 108 valence electrons. The van der Waals surface area contributed by atoms with Crippen molar-refractivity contribution < 1.29 is 0 Å². The lowest BCUT2D eigenvalue weighted by atomic mass is 10.1. The Balaban J connectivity index is 1.45. The van der Waals surface area contributed by atoms with Crippen molar-refractivity contribution in [3.05, 3.63) is 29.3 Å². The molecule has 0 spiro atoms. The molecule has 1 N–H and O–H groups in total. The van der Waals surface area contributed by atoms with Gasteiger partial charge in [-0.15, -0.1) is 0 Å². The van der Waals surface area contributed by atoms with Crippen LogP contribution in [0.1, 0.15) is 30.4 Å². The summed E-state index contributed by atoms with van der Waals surface area (Å²) in [5.41, 5.74) is 4.34. The highest BCUT2D eigenvalue weighted by atomic mass is 15.3. The second kappa shape index (κ2) is 5.38. The van der Waals surface area contributed by atoms with Crippen molar-refractivity contribution in [2.75, 3.05) is 38.0 Å². The monoisotopic (exact) mass is 271 g/mol. The fraction of sp³-hybridized carbons (Fsp3) is 0.647. The number of fused-ring (bicyclic) bond motifs is 2. The summed E-state index contributed by atoms with van der Waals surface area (Å²) in [5, 5.41) is 3.50. The Morgan fingerprint density at radius 2 is 2.10 bits per heavy atom. The molecule has 20 heavy (non-hydrogen) atoms. The number of benzene rings is 1. The minimum Gasteiger partial charge on any atom is -0.384 e. The van der Waals surface area contributed by atoms with Crippen molar-refractivity contribution in [3.63, 3.8) is 0 Å². The van der Waals surface area contributed by atoms with Gasteiger partial charge in [-0.25, -0.2) is 0 Å². The van der Waals surface area contributed by atoms with Crippen molar-refractivity contribution in [1.82, 2.24) is 9.80 Å². The molecule has 0 bridgehead atoms. The van der Waals surface area contributed by atoms with E-state index in [1.165, 1.54) is 68.7 Å². The van der Waals surface area contributed by atoms with Gasteiger partial charge in [-0.05, 0) is 62.5 Å². The van der Waals surface area contributed by atoms with E-state index in [-0.39, 0.29) is 0 Å². The number of nitrogens with one attached hydrogen (secondary N) is 1. The molecule has 0 radical (unpaired) electrons. The van der Waals surface area contributed by atoms with Crippen molar-refractivity contribution in [3.8, 4) is 0 Å². The van der Waals surface area contributed by atoms with Crippen LogP contribution in [0.5, 0.6) is 0 Å². The van der Waals surface area contributed by atoms with Gasteiger partial charge in [0, 0.05) is 31.4 Å². The summed E-state index contributed by atoms with van der Waals surface area (Å²) in [4.78, 5) is 5.39. The normalized spacial score (nSPS) is 26.9. The maximum Gasteiger partial charge on any atom is 0.0376 e. The third kappa shape index (κ3) is 2.45. The number of hydrogen-bond donors (Lipinski definition) is 1. The van der Waals surface area contributed by atoms with Crippen LogP contribution in [0.3, 0.4) is 0 Å². The minimum atomic E-state index is 0.824. The molecule has 0 aromatic heterocycles. The summed E-state index contributed by atoms with van der Waals surface area (Å²) in [6, 6.07) is 7.86. The van der Waals surface area contributed by atoms with Crippen molar-refractivity contribution in [2.45, 2.75) is 38.3 Å². The van der Waals surface area contributed by atoms with Gasteiger partial charge < -0.3 is 5.32 Å². The highest BCUT2D eigenvalue weighted by Gasteiger charge is 2.28. The second-order valence-corrected chi connectivity index (χ2v) is 6.59. The molecule has 0 saturated carbocycles. The Kier molecular flexibility index (Phi) is 3.41. The SMILES string of the molecule is c1cc2c(cc1CN1CCCN3CCCC3C1)NCC2. The van der Waals surface area contributed by atoms with Crippen LogP contribution in [0.25, 0.3) is 0 Å². The molecule has 1 atom stereocenters. The Morgan fingerprint density at radius 1 is 1.15 bits per heavy atom. The first-order valence-electron chi connectivity index (χ1n) is 8.20. The van der Waals surface area contributed by atoms with Crippen LogP contribution in [0.2, 0.25) is 0 Å². The fourth-order valence-electron chi connectivity index (χ4n) is 4.12. The number of hydrogen-bond acceptors (Lipinski definition) is 3. The first-order valence-corrected chi connectivity index (χ1v) is 8.20. The van der Waals surface area contributed by atoms with Gasteiger partial charge in [0.2, 0.25) is 0 Å². The standard InChI is InChI=1S/C17H25N3/c1-3-16-13-19(8-2-10-20(16)9-1)12-14-4-5-15-6-7-18-17(15)11-14/h4-5,11,16,18H,1-3,6-10,12-13H2. The van der Waals surface area contributed by atoms with Crippen LogP contribution >= 0.6 is 0 Å². The molecule has 3 heterocycles. The Morgan fingerprint density at radius 3 is 3.10 bits per heavy atom. The van der Waals surface area contributed by atoms with E-state index in [0.29, 0.717) is 0 Å². The Hall–Kier alpha value is -1.06. The zero-order chi connectivity index (χ0) is 13.4. The van der Waals surface area contributed by atoms with E-state index >= 15 is 0 Å². The van der Waals surface area contributed by atoms with Gasteiger partial charge in [-0.3, -0.25) is 9.80 Å². The molecular weight excluding hydrogens is 246 g/mol. The lowest BCUT2D eigenvalue weighted by molar-refractivity contribution is 0.215. The second-order valence-electron chi connectivity index (χ2n) is 6.59. The van der Waals surface area contributed by atoms with Crippen molar-refractivity contribution in [2.24, 2.45) is 0 Å². The Labute approximate surface area is 121 Å². The maximum atomic E-state index is 3.50. The van der Waals surface area contributed by atoms with Crippen molar-refractivity contribution in [1.29, 1.82) is 0 Å². The molecule has 3 aliphatic rings. The van der Waals surface area contributed by atoms with Crippen LogP contribution in [0, 0.1) is 0 Å². The van der Waals surface area contributed by atoms with Gasteiger partial charge in [0.05, 0.1) is 0 Å². The van der Waals surface area contributed by atoms with Crippen LogP contribution in [-0.2, 0) is 13.0 Å². The fourth-order valence-corrected chi connectivity index (χ4v) is 4.12. The zero-order valence-corrected chi connectivity index (χ0v) is 12.3. The average molecular weight is 271 g/mol. The summed E-state index contributed by atoms with van der Waals surface area (Å²) in [5.74, 6) is 0. The van der Waals surface area contributed by atoms with Gasteiger partial charge in [-0.2, -0.15) is 0 Å². The van der Waals surface area contributed by atoms with E-state index in [9.17, 15) is 0 Å². The van der Waals surface area contributed by atoms with E-state index < -0.39 is 0 Å². The highest BCUT2D eigenvalue weighted by Crippen LogP contribution is 2.25. The maximum absolute atomic E-state index is 3.50. The van der Waals surface area contributed by atoms with E-state index in [4.69, 9.17) is 0 Å². The number of rotatable bonds is 2. The summed E-state index contributed by atoms with van der Waals surface area (Å²) < 4.78 is 0. The third-order valence-electron chi connectivity index (χ3n) is 5.18. The van der Waals surface area contributed by atoms with E-state index in [2.05, 4.69) is 33.3 Å². The zero-order valence-electron chi connectivity index (χ0n) is 12.3. The minimum absolute atomic E-state index is 0.824. The molecule has 0 amide bonds. The lowest BCUT2D eigenvalue weighted by Crippen LogP contribution is -2.36. The van der Waals surface area contributed by atoms with Gasteiger partial charge in [-0.1, -0.05) is 12.1 Å². The molecule has 4 rings (SSSR count). The van der Waals surface area contributed by atoms with Gasteiger partial charge in [0.15, 0.2) is 0 Å². The van der Waals surface area contributed by atoms with Crippen LogP contribution in [-0.4, -0.2) is 48.6 Å². The predicted molar refractivity (Wildman–Crippen MR) is 83.1 cm³/mol. The largest absolute Gasteiger partial charge is 0.384 e. The molecule has 3 nitrogen and oxygen atoms in total. The van der Waals surface area contributed by atoms with Crippen LogP contribution < -0.4 is 5.32 Å². The summed E-state index contributed by atoms with van der Waals surface area (Å²) in [6.07, 6.45) is 5.33. The van der Waals surface area contributed by atoms with E-state index in [0.717, 1.165) is 19.1 Å². The smallest absolute Gasteiger partial charge is 0.0376 e. The van der Waals surface area contributed by atoms with Gasteiger partial charge >= 0.3 is 0 Å². The first kappa shape index (κ1) is 12.7. The molecule has 1 unspecified atom stereocenters. The highest BCUT2D eigenvalue weighted by molar-refractivity contribution is 5.57. The summed E-state index contributed by atoms with van der Waals surface area (Å²) >= 11 is 0. The number of nitrogens with zero attached hydrogens (tertiary/aromatic N) is 2. The molecule has 3 aliphatic heterocycles. The molecule has 1 aromatic carbocycles. The molecule has 2 fully saturated rings. The molecular formula is C17H25N3. The molecule has 1 aromatic rings. The summed E-state index contributed by atoms with van der Waals surface area (Å²) in [6.45, 7) is 7.41. The third-order valence-corrected chi connectivity index (χ3v) is 5.18. The van der Waals surface area contributed by atoms with Crippen LogP contribution in [0.4, 0.5) is 5.69 Å². The topological polar surface area (TPSA) is 18.5 Å². The predicted octanol–water partition coefficient (Wildman–Crippen LogP) is 2.32. The molecule has 3 heteroatoms. The quantitative estimate of drug-likeness (QED) is 0.890. The summed E-state index contributed by atoms with van der Waals surface area (Å²) in [7, 11) is 0. The van der Waals surface area contributed by atoms with Crippen LogP contribution in [0.15, 0.2) is 18.2 Å². The van der Waals surface area contributed by atoms with Gasteiger partial charge in [0.1, 0.15) is 0 Å². The average Bonchev–Trinajstić information content (AvgIpc) is 3.04. The molecule has 2 saturated heterocycles. The van der Waals surface area contributed by atoms with Crippen molar-refractivity contribution >= 4 is 5.69 Å². The van der Waals surface area contributed by atoms with E-state index in [1.807, 2.05) is 0 Å². The first-order chi connectivity index (χ1) is 9.88. The molecule has 0 aliphatic carbocycles. The van der Waals surface area contributed by atoms with E-state index in [1.54, 1.807) is 0 Å². The number of anilines is 1. The Bertz CT molecular complexity index is 485.